The Morgan fingerprint density at radius 1 is 1.29 bits per heavy atom. The number of nitrogens with one attached hydrogen (secondary N) is 2. The highest BCUT2D eigenvalue weighted by Crippen LogP contribution is 2.24. The van der Waals surface area contributed by atoms with Gasteiger partial charge in [0.2, 0.25) is 0 Å². The topological polar surface area (TPSA) is 85.0 Å². The Labute approximate surface area is 98.1 Å². The van der Waals surface area contributed by atoms with Gasteiger partial charge in [0.05, 0.1) is 14.2 Å². The number of aromatic amines is 1. The minimum atomic E-state index is 0.447. The lowest BCUT2D eigenvalue weighted by Crippen LogP contribution is -2.03. The lowest BCUT2D eigenvalue weighted by atomic mass is 10.2. The van der Waals surface area contributed by atoms with Crippen molar-refractivity contribution in [3.8, 4) is 11.5 Å². The van der Waals surface area contributed by atoms with Gasteiger partial charge in [-0.05, 0) is 17.3 Å². The van der Waals surface area contributed by atoms with E-state index < -0.39 is 0 Å². The van der Waals surface area contributed by atoms with Crippen LogP contribution in [-0.4, -0.2) is 34.8 Å². The average molecular weight is 235 g/mol. The van der Waals surface area contributed by atoms with Crippen LogP contribution >= 0.6 is 0 Å². The largest absolute Gasteiger partial charge is 0.497 e. The Morgan fingerprint density at radius 2 is 2.18 bits per heavy atom. The number of anilines is 1. The number of nitrogens with zero attached hydrogens (tertiary/aromatic N) is 3. The fraction of sp³-hybridized carbons (Fsp3) is 0.300. The van der Waals surface area contributed by atoms with Crippen LogP contribution in [0.3, 0.4) is 0 Å². The number of benzene rings is 1. The molecule has 0 saturated carbocycles. The van der Waals surface area contributed by atoms with E-state index in [1.54, 1.807) is 14.2 Å². The molecule has 0 bridgehead atoms. The van der Waals surface area contributed by atoms with Gasteiger partial charge in [0, 0.05) is 18.2 Å². The molecule has 0 unspecified atom stereocenters. The van der Waals surface area contributed by atoms with E-state index in [4.69, 9.17) is 9.47 Å². The molecule has 90 valence electrons. The number of tetrazole rings is 1. The third-order valence-electron chi connectivity index (χ3n) is 2.28. The van der Waals surface area contributed by atoms with Crippen LogP contribution in [0.15, 0.2) is 18.2 Å². The van der Waals surface area contributed by atoms with E-state index in [1.165, 1.54) is 0 Å². The smallest absolute Gasteiger partial charge is 0.263 e. The zero-order valence-electron chi connectivity index (χ0n) is 9.60. The van der Waals surface area contributed by atoms with Crippen LogP contribution in [0.4, 0.5) is 5.95 Å². The normalized spacial score (nSPS) is 10.0. The van der Waals surface area contributed by atoms with Gasteiger partial charge in [0.25, 0.3) is 5.95 Å². The summed E-state index contributed by atoms with van der Waals surface area (Å²) in [6.45, 7) is 0.548. The first-order valence-electron chi connectivity index (χ1n) is 5.01. The van der Waals surface area contributed by atoms with Gasteiger partial charge in [0.1, 0.15) is 11.5 Å². The van der Waals surface area contributed by atoms with Gasteiger partial charge in [0.15, 0.2) is 0 Å². The highest BCUT2D eigenvalue weighted by molar-refractivity contribution is 5.42. The highest BCUT2D eigenvalue weighted by atomic mass is 16.5. The van der Waals surface area contributed by atoms with E-state index in [0.717, 1.165) is 17.1 Å². The van der Waals surface area contributed by atoms with Gasteiger partial charge in [-0.25, -0.2) is 0 Å². The lowest BCUT2D eigenvalue weighted by Gasteiger charge is -2.10. The molecule has 7 heteroatoms. The monoisotopic (exact) mass is 235 g/mol. The summed E-state index contributed by atoms with van der Waals surface area (Å²) in [6, 6.07) is 5.62. The summed E-state index contributed by atoms with van der Waals surface area (Å²) in [4.78, 5) is 0. The molecule has 1 heterocycles. The first kappa shape index (κ1) is 11.2. The zero-order valence-corrected chi connectivity index (χ0v) is 9.60. The van der Waals surface area contributed by atoms with Gasteiger partial charge in [-0.15, -0.1) is 5.10 Å². The number of H-pyrrole nitrogens is 1. The average Bonchev–Trinajstić information content (AvgIpc) is 2.89. The summed E-state index contributed by atoms with van der Waals surface area (Å²) < 4.78 is 10.4. The van der Waals surface area contributed by atoms with Gasteiger partial charge in [-0.2, -0.15) is 5.21 Å². The van der Waals surface area contributed by atoms with E-state index in [2.05, 4.69) is 25.9 Å². The molecule has 1 aromatic carbocycles. The molecule has 0 spiro atoms. The molecule has 2 N–H and O–H groups in total. The van der Waals surface area contributed by atoms with Crippen molar-refractivity contribution in [2.45, 2.75) is 6.54 Å². The predicted molar refractivity (Wildman–Crippen MR) is 61.1 cm³/mol. The van der Waals surface area contributed by atoms with Crippen LogP contribution in [-0.2, 0) is 6.54 Å². The van der Waals surface area contributed by atoms with Crippen molar-refractivity contribution in [2.24, 2.45) is 0 Å². The highest BCUT2D eigenvalue weighted by Gasteiger charge is 2.05. The maximum absolute atomic E-state index is 5.27. The zero-order chi connectivity index (χ0) is 12.1. The summed E-state index contributed by atoms with van der Waals surface area (Å²) in [5.41, 5.74) is 0.984. The predicted octanol–water partition coefficient (Wildman–Crippen LogP) is 0.829. The van der Waals surface area contributed by atoms with Crippen molar-refractivity contribution in [3.05, 3.63) is 23.8 Å². The number of methoxy groups -OCH3 is 2. The van der Waals surface area contributed by atoms with Crippen LogP contribution in [0.25, 0.3) is 0 Å². The van der Waals surface area contributed by atoms with Gasteiger partial charge >= 0.3 is 0 Å². The Morgan fingerprint density at radius 3 is 2.82 bits per heavy atom. The lowest BCUT2D eigenvalue weighted by molar-refractivity contribution is 0.391. The molecule has 0 aliphatic carbocycles. The third-order valence-corrected chi connectivity index (χ3v) is 2.28. The second-order valence-corrected chi connectivity index (χ2v) is 3.27. The summed E-state index contributed by atoms with van der Waals surface area (Å²) in [5, 5.41) is 16.4. The van der Waals surface area contributed by atoms with Crippen LogP contribution in [0.1, 0.15) is 5.56 Å². The molecule has 0 radical (unpaired) electrons. The summed E-state index contributed by atoms with van der Waals surface area (Å²) in [5.74, 6) is 1.95. The Balaban J connectivity index is 2.09. The molecule has 2 aromatic rings. The van der Waals surface area contributed by atoms with Crippen molar-refractivity contribution in [1.82, 2.24) is 20.6 Å². The van der Waals surface area contributed by atoms with Gasteiger partial charge in [-0.3, -0.25) is 0 Å². The van der Waals surface area contributed by atoms with Crippen LogP contribution in [0.5, 0.6) is 11.5 Å². The molecule has 1 aromatic heterocycles. The summed E-state index contributed by atoms with van der Waals surface area (Å²) in [6.07, 6.45) is 0. The van der Waals surface area contributed by atoms with E-state index in [0.29, 0.717) is 12.5 Å². The molecule has 0 amide bonds. The molecule has 0 aliphatic heterocycles. The first-order chi connectivity index (χ1) is 8.33. The van der Waals surface area contributed by atoms with Gasteiger partial charge < -0.3 is 14.8 Å². The Bertz CT molecular complexity index is 472. The fourth-order valence-corrected chi connectivity index (χ4v) is 1.41. The Hall–Kier alpha value is -2.31. The standard InChI is InChI=1S/C10H13N5O2/c1-16-8-4-3-7(9(5-8)17-2)6-11-10-12-14-15-13-10/h3-5H,6H2,1-2H3,(H2,11,12,13,14,15). The number of hydrogen-bond acceptors (Lipinski definition) is 6. The van der Waals surface area contributed by atoms with E-state index in [-0.39, 0.29) is 0 Å². The number of aromatic nitrogens is 4. The minimum Gasteiger partial charge on any atom is -0.497 e. The van der Waals surface area contributed by atoms with Crippen LogP contribution < -0.4 is 14.8 Å². The van der Waals surface area contributed by atoms with Crippen molar-refractivity contribution in [2.75, 3.05) is 19.5 Å². The maximum Gasteiger partial charge on any atom is 0.263 e. The summed E-state index contributed by atoms with van der Waals surface area (Å²) in [7, 11) is 3.23. The molecule has 0 fully saturated rings. The van der Waals surface area contributed by atoms with E-state index in [1.807, 2.05) is 18.2 Å². The maximum atomic E-state index is 5.27. The minimum absolute atomic E-state index is 0.447. The molecule has 7 nitrogen and oxygen atoms in total. The van der Waals surface area contributed by atoms with Gasteiger partial charge in [-0.1, -0.05) is 5.10 Å². The first-order valence-corrected chi connectivity index (χ1v) is 5.01. The van der Waals surface area contributed by atoms with Crippen LogP contribution in [0.2, 0.25) is 0 Å². The number of hydrogen-bond donors (Lipinski definition) is 2. The second-order valence-electron chi connectivity index (χ2n) is 3.27. The molecular weight excluding hydrogens is 222 g/mol. The molecule has 0 atom stereocenters. The van der Waals surface area contributed by atoms with Crippen molar-refractivity contribution >= 4 is 5.95 Å². The second kappa shape index (κ2) is 5.15. The summed E-state index contributed by atoms with van der Waals surface area (Å²) >= 11 is 0. The number of ether oxygens (including phenoxy) is 2. The van der Waals surface area contributed by atoms with Crippen molar-refractivity contribution in [1.29, 1.82) is 0 Å². The Kier molecular flexibility index (Phi) is 3.39. The quantitative estimate of drug-likeness (QED) is 0.798. The van der Waals surface area contributed by atoms with Crippen molar-refractivity contribution in [3.63, 3.8) is 0 Å². The fourth-order valence-electron chi connectivity index (χ4n) is 1.41. The van der Waals surface area contributed by atoms with E-state index in [9.17, 15) is 0 Å². The third kappa shape index (κ3) is 2.63. The molecule has 2 rings (SSSR count). The molecular formula is C10H13N5O2. The van der Waals surface area contributed by atoms with Crippen molar-refractivity contribution < 1.29 is 9.47 Å². The van der Waals surface area contributed by atoms with E-state index >= 15 is 0 Å². The SMILES string of the molecule is COc1ccc(CNc2nn[nH]n2)c(OC)c1. The van der Waals surface area contributed by atoms with Crippen LogP contribution in [0, 0.1) is 0 Å². The molecule has 17 heavy (non-hydrogen) atoms. The molecule has 0 saturated heterocycles. The molecule has 0 aliphatic rings. The number of rotatable bonds is 5.